The molecule has 1 aliphatic rings. The molecule has 0 aromatic rings. The molecule has 1 aliphatic heterocycles. The minimum Gasteiger partial charge on any atom is -0.373 e. The van der Waals surface area contributed by atoms with Crippen LogP contribution < -0.4 is 5.32 Å². The second-order valence-corrected chi connectivity index (χ2v) is 5.06. The monoisotopic (exact) mass is 228 g/mol. The first-order chi connectivity index (χ1) is 7.63. The molecule has 96 valence electrons. The van der Waals surface area contributed by atoms with E-state index in [0.717, 1.165) is 26.2 Å². The number of morpholine rings is 1. The third-order valence-corrected chi connectivity index (χ3v) is 3.30. The number of nitrogens with one attached hydrogen (secondary N) is 1. The van der Waals surface area contributed by atoms with Crippen LogP contribution >= 0.6 is 0 Å². The highest BCUT2D eigenvalue weighted by atomic mass is 16.5. The van der Waals surface area contributed by atoms with Crippen LogP contribution in [0.1, 0.15) is 40.5 Å². The quantitative estimate of drug-likeness (QED) is 0.703. The summed E-state index contributed by atoms with van der Waals surface area (Å²) in [5.74, 6) is 0. The maximum absolute atomic E-state index is 5.76. The summed E-state index contributed by atoms with van der Waals surface area (Å²) in [6.45, 7) is 13.3. The van der Waals surface area contributed by atoms with Gasteiger partial charge in [0.2, 0.25) is 0 Å². The second kappa shape index (κ2) is 7.25. The van der Waals surface area contributed by atoms with Gasteiger partial charge in [0, 0.05) is 19.1 Å². The van der Waals surface area contributed by atoms with E-state index in [1.54, 1.807) is 0 Å². The van der Waals surface area contributed by atoms with Crippen molar-refractivity contribution >= 4 is 0 Å². The van der Waals surface area contributed by atoms with Gasteiger partial charge in [-0.3, -0.25) is 4.90 Å². The number of ether oxygens (including phenoxy) is 1. The molecule has 0 amide bonds. The maximum Gasteiger partial charge on any atom is 0.0678 e. The molecule has 0 aromatic heterocycles. The summed E-state index contributed by atoms with van der Waals surface area (Å²) < 4.78 is 5.76. The summed E-state index contributed by atoms with van der Waals surface area (Å²) >= 11 is 0. The molecule has 0 aromatic carbocycles. The number of hydrogen-bond donors (Lipinski definition) is 1. The summed E-state index contributed by atoms with van der Waals surface area (Å²) in [7, 11) is 0. The van der Waals surface area contributed by atoms with E-state index in [4.69, 9.17) is 4.74 Å². The molecule has 0 saturated carbocycles. The standard InChI is InChI=1S/C13H28N2O/c1-5-14-8-6-7-11(2)15-9-12(3)16-13(4)10-15/h11-14H,5-10H2,1-4H3. The lowest BCUT2D eigenvalue weighted by atomic mass is 10.1. The van der Waals surface area contributed by atoms with E-state index in [2.05, 4.69) is 37.9 Å². The van der Waals surface area contributed by atoms with Gasteiger partial charge < -0.3 is 10.1 Å². The summed E-state index contributed by atoms with van der Waals surface area (Å²) in [6.07, 6.45) is 3.33. The molecule has 1 saturated heterocycles. The molecule has 16 heavy (non-hydrogen) atoms. The number of rotatable bonds is 6. The van der Waals surface area contributed by atoms with E-state index in [9.17, 15) is 0 Å². The minimum atomic E-state index is 0.389. The fourth-order valence-corrected chi connectivity index (χ4v) is 2.46. The van der Waals surface area contributed by atoms with Gasteiger partial charge in [-0.15, -0.1) is 0 Å². The van der Waals surface area contributed by atoms with Crippen molar-refractivity contribution in [2.75, 3.05) is 26.2 Å². The summed E-state index contributed by atoms with van der Waals surface area (Å²) in [4.78, 5) is 2.57. The zero-order valence-electron chi connectivity index (χ0n) is 11.3. The Kier molecular flexibility index (Phi) is 6.32. The van der Waals surface area contributed by atoms with Crippen LogP contribution in [-0.2, 0) is 4.74 Å². The average molecular weight is 228 g/mol. The van der Waals surface area contributed by atoms with Crippen LogP contribution in [0, 0.1) is 0 Å². The van der Waals surface area contributed by atoms with Gasteiger partial charge in [-0.05, 0) is 46.7 Å². The first-order valence-electron chi connectivity index (χ1n) is 6.73. The Morgan fingerprint density at radius 3 is 2.50 bits per heavy atom. The zero-order valence-corrected chi connectivity index (χ0v) is 11.3. The highest BCUT2D eigenvalue weighted by Crippen LogP contribution is 2.15. The van der Waals surface area contributed by atoms with E-state index >= 15 is 0 Å². The smallest absolute Gasteiger partial charge is 0.0678 e. The molecule has 0 spiro atoms. The van der Waals surface area contributed by atoms with Crippen molar-refractivity contribution in [3.63, 3.8) is 0 Å². The molecule has 3 nitrogen and oxygen atoms in total. The summed E-state index contributed by atoms with van der Waals surface area (Å²) in [5, 5.41) is 3.38. The Balaban J connectivity index is 2.21. The Hall–Kier alpha value is -0.120. The predicted octanol–water partition coefficient (Wildman–Crippen LogP) is 1.87. The molecule has 1 rings (SSSR count). The van der Waals surface area contributed by atoms with E-state index in [-0.39, 0.29) is 0 Å². The van der Waals surface area contributed by atoms with E-state index in [0.29, 0.717) is 18.2 Å². The number of nitrogens with zero attached hydrogens (tertiary/aromatic N) is 1. The largest absolute Gasteiger partial charge is 0.373 e. The lowest BCUT2D eigenvalue weighted by Crippen LogP contribution is -2.49. The fraction of sp³-hybridized carbons (Fsp3) is 1.00. The first-order valence-corrected chi connectivity index (χ1v) is 6.73. The van der Waals surface area contributed by atoms with Crippen LogP contribution in [0.25, 0.3) is 0 Å². The SMILES string of the molecule is CCNCCCC(C)N1CC(C)OC(C)C1. The molecule has 0 radical (unpaired) electrons. The average Bonchev–Trinajstić information content (AvgIpc) is 2.22. The Morgan fingerprint density at radius 1 is 1.31 bits per heavy atom. The van der Waals surface area contributed by atoms with Crippen LogP contribution in [0.5, 0.6) is 0 Å². The first kappa shape index (κ1) is 13.9. The van der Waals surface area contributed by atoms with E-state index in [1.807, 2.05) is 0 Å². The predicted molar refractivity (Wildman–Crippen MR) is 68.8 cm³/mol. The van der Waals surface area contributed by atoms with E-state index < -0.39 is 0 Å². The van der Waals surface area contributed by atoms with Crippen LogP contribution in [-0.4, -0.2) is 49.3 Å². The topological polar surface area (TPSA) is 24.5 Å². The number of hydrogen-bond acceptors (Lipinski definition) is 3. The van der Waals surface area contributed by atoms with Gasteiger partial charge in [0.1, 0.15) is 0 Å². The molecular formula is C13H28N2O. The van der Waals surface area contributed by atoms with Gasteiger partial charge in [-0.2, -0.15) is 0 Å². The van der Waals surface area contributed by atoms with Crippen LogP contribution in [0.3, 0.4) is 0 Å². The maximum atomic E-state index is 5.76. The third-order valence-electron chi connectivity index (χ3n) is 3.30. The molecule has 1 heterocycles. The van der Waals surface area contributed by atoms with Crippen LogP contribution in [0.2, 0.25) is 0 Å². The Labute approximate surface area is 101 Å². The molecule has 3 heteroatoms. The van der Waals surface area contributed by atoms with Crippen LogP contribution in [0.4, 0.5) is 0 Å². The Bertz CT molecular complexity index is 177. The summed E-state index contributed by atoms with van der Waals surface area (Å²) in [5.41, 5.74) is 0. The molecular weight excluding hydrogens is 200 g/mol. The lowest BCUT2D eigenvalue weighted by molar-refractivity contribution is -0.0792. The molecule has 1 N–H and O–H groups in total. The highest BCUT2D eigenvalue weighted by molar-refractivity contribution is 4.77. The molecule has 3 atom stereocenters. The van der Waals surface area contributed by atoms with Crippen molar-refractivity contribution < 1.29 is 4.74 Å². The van der Waals surface area contributed by atoms with Gasteiger partial charge in [0.25, 0.3) is 0 Å². The van der Waals surface area contributed by atoms with Crippen molar-refractivity contribution in [2.45, 2.75) is 58.8 Å². The molecule has 0 aliphatic carbocycles. The lowest BCUT2D eigenvalue weighted by Gasteiger charge is -2.39. The molecule has 3 unspecified atom stereocenters. The molecule has 1 fully saturated rings. The van der Waals surface area contributed by atoms with Gasteiger partial charge in [0.05, 0.1) is 12.2 Å². The third kappa shape index (κ3) is 4.81. The van der Waals surface area contributed by atoms with Gasteiger partial charge >= 0.3 is 0 Å². The van der Waals surface area contributed by atoms with Crippen molar-refractivity contribution in [1.82, 2.24) is 10.2 Å². The van der Waals surface area contributed by atoms with E-state index in [1.165, 1.54) is 12.8 Å². The van der Waals surface area contributed by atoms with Crippen molar-refractivity contribution in [2.24, 2.45) is 0 Å². The Morgan fingerprint density at radius 2 is 1.94 bits per heavy atom. The van der Waals surface area contributed by atoms with Gasteiger partial charge in [-0.1, -0.05) is 6.92 Å². The van der Waals surface area contributed by atoms with Gasteiger partial charge in [-0.25, -0.2) is 0 Å². The van der Waals surface area contributed by atoms with Gasteiger partial charge in [0.15, 0.2) is 0 Å². The molecule has 0 bridgehead atoms. The highest BCUT2D eigenvalue weighted by Gasteiger charge is 2.25. The summed E-state index contributed by atoms with van der Waals surface area (Å²) in [6, 6.07) is 0.687. The van der Waals surface area contributed by atoms with Crippen molar-refractivity contribution in [3.05, 3.63) is 0 Å². The van der Waals surface area contributed by atoms with Crippen molar-refractivity contribution in [1.29, 1.82) is 0 Å². The van der Waals surface area contributed by atoms with Crippen molar-refractivity contribution in [3.8, 4) is 0 Å². The minimum absolute atomic E-state index is 0.389. The zero-order chi connectivity index (χ0) is 12.0. The second-order valence-electron chi connectivity index (χ2n) is 5.06. The normalized spacial score (nSPS) is 29.2. The van der Waals surface area contributed by atoms with Crippen LogP contribution in [0.15, 0.2) is 0 Å². The fourth-order valence-electron chi connectivity index (χ4n) is 2.46.